The topological polar surface area (TPSA) is 64.1 Å². The van der Waals surface area contributed by atoms with E-state index in [9.17, 15) is 5.11 Å². The quantitative estimate of drug-likeness (QED) is 0.790. The number of rotatable bonds is 3. The third-order valence-corrected chi connectivity index (χ3v) is 2.24. The van der Waals surface area contributed by atoms with Crippen LogP contribution in [0.25, 0.3) is 0 Å². The highest BCUT2D eigenvalue weighted by molar-refractivity contribution is 5.29. The maximum atomic E-state index is 9.31. The smallest absolute Gasteiger partial charge is 0.115 e. The third-order valence-electron chi connectivity index (χ3n) is 2.24. The second-order valence-electron chi connectivity index (χ2n) is 3.43. The lowest BCUT2D eigenvalue weighted by atomic mass is 10.1. The lowest BCUT2D eigenvalue weighted by molar-refractivity contribution is 0.471. The van der Waals surface area contributed by atoms with Gasteiger partial charge in [-0.15, -0.1) is 0 Å². The van der Waals surface area contributed by atoms with Crippen LogP contribution in [-0.2, 0) is 6.54 Å². The lowest BCUT2D eigenvalue weighted by Crippen LogP contribution is -2.17. The SMILES string of the molecule is NC(Cn1cccn1)c1cccc(O)c1. The average Bonchev–Trinajstić information content (AvgIpc) is 2.70. The summed E-state index contributed by atoms with van der Waals surface area (Å²) in [6.07, 6.45) is 3.58. The molecule has 0 saturated carbocycles. The van der Waals surface area contributed by atoms with Crippen molar-refractivity contribution in [1.82, 2.24) is 9.78 Å². The van der Waals surface area contributed by atoms with E-state index in [1.807, 2.05) is 18.3 Å². The standard InChI is InChI=1S/C11H13N3O/c12-11(8-14-6-2-5-13-14)9-3-1-4-10(15)7-9/h1-7,11,15H,8,12H2. The first kappa shape index (κ1) is 9.73. The van der Waals surface area contributed by atoms with Gasteiger partial charge in [-0.1, -0.05) is 12.1 Å². The fourth-order valence-corrected chi connectivity index (χ4v) is 1.47. The van der Waals surface area contributed by atoms with E-state index in [4.69, 9.17) is 5.73 Å². The van der Waals surface area contributed by atoms with Crippen molar-refractivity contribution in [3.63, 3.8) is 0 Å². The molecule has 0 amide bonds. The average molecular weight is 203 g/mol. The Morgan fingerprint density at radius 1 is 1.40 bits per heavy atom. The van der Waals surface area contributed by atoms with Crippen molar-refractivity contribution >= 4 is 0 Å². The van der Waals surface area contributed by atoms with Crippen LogP contribution in [0.15, 0.2) is 42.7 Å². The lowest BCUT2D eigenvalue weighted by Gasteiger charge is -2.12. The molecular formula is C11H13N3O. The summed E-state index contributed by atoms with van der Waals surface area (Å²) in [6.45, 7) is 0.608. The molecular weight excluding hydrogens is 190 g/mol. The predicted octanol–water partition coefficient (Wildman–Crippen LogP) is 1.29. The normalized spacial score (nSPS) is 12.6. The van der Waals surface area contributed by atoms with Gasteiger partial charge in [0.15, 0.2) is 0 Å². The molecule has 1 unspecified atom stereocenters. The highest BCUT2D eigenvalue weighted by atomic mass is 16.3. The molecule has 0 bridgehead atoms. The van der Waals surface area contributed by atoms with E-state index in [1.54, 1.807) is 29.1 Å². The van der Waals surface area contributed by atoms with Gasteiger partial charge in [-0.05, 0) is 23.8 Å². The zero-order valence-electron chi connectivity index (χ0n) is 8.24. The van der Waals surface area contributed by atoms with Gasteiger partial charge in [0.1, 0.15) is 5.75 Å². The van der Waals surface area contributed by atoms with E-state index >= 15 is 0 Å². The fraction of sp³-hybridized carbons (Fsp3) is 0.182. The Hall–Kier alpha value is -1.81. The van der Waals surface area contributed by atoms with Crippen LogP contribution in [0.3, 0.4) is 0 Å². The Bertz CT molecular complexity index is 425. The molecule has 15 heavy (non-hydrogen) atoms. The van der Waals surface area contributed by atoms with Crippen LogP contribution in [0, 0.1) is 0 Å². The number of nitrogens with two attached hydrogens (primary N) is 1. The second-order valence-corrected chi connectivity index (χ2v) is 3.43. The molecule has 0 saturated heterocycles. The van der Waals surface area contributed by atoms with Crippen molar-refractivity contribution in [2.75, 3.05) is 0 Å². The van der Waals surface area contributed by atoms with Crippen molar-refractivity contribution in [2.45, 2.75) is 12.6 Å². The van der Waals surface area contributed by atoms with Gasteiger partial charge < -0.3 is 10.8 Å². The first-order valence-electron chi connectivity index (χ1n) is 4.77. The molecule has 4 nitrogen and oxygen atoms in total. The van der Waals surface area contributed by atoms with Crippen molar-refractivity contribution in [3.8, 4) is 5.75 Å². The first-order chi connectivity index (χ1) is 7.25. The van der Waals surface area contributed by atoms with Crippen LogP contribution in [0.4, 0.5) is 0 Å². The Morgan fingerprint density at radius 2 is 2.27 bits per heavy atom. The molecule has 1 aromatic carbocycles. The van der Waals surface area contributed by atoms with Crippen LogP contribution in [0.2, 0.25) is 0 Å². The highest BCUT2D eigenvalue weighted by Gasteiger charge is 2.07. The highest BCUT2D eigenvalue weighted by Crippen LogP contribution is 2.17. The van der Waals surface area contributed by atoms with E-state index in [2.05, 4.69) is 5.10 Å². The van der Waals surface area contributed by atoms with Gasteiger partial charge >= 0.3 is 0 Å². The Balaban J connectivity index is 2.11. The Morgan fingerprint density at radius 3 is 2.93 bits per heavy atom. The third kappa shape index (κ3) is 2.35. The molecule has 2 rings (SSSR count). The molecule has 2 aromatic rings. The maximum Gasteiger partial charge on any atom is 0.115 e. The minimum atomic E-state index is -0.156. The summed E-state index contributed by atoms with van der Waals surface area (Å²) in [7, 11) is 0. The zero-order valence-corrected chi connectivity index (χ0v) is 8.24. The van der Waals surface area contributed by atoms with Gasteiger partial charge in [-0.2, -0.15) is 5.10 Å². The number of aromatic nitrogens is 2. The molecule has 0 fully saturated rings. The summed E-state index contributed by atoms with van der Waals surface area (Å²) < 4.78 is 1.77. The van der Waals surface area contributed by atoms with E-state index < -0.39 is 0 Å². The fourth-order valence-electron chi connectivity index (χ4n) is 1.47. The van der Waals surface area contributed by atoms with Crippen molar-refractivity contribution in [3.05, 3.63) is 48.3 Å². The minimum absolute atomic E-state index is 0.156. The summed E-state index contributed by atoms with van der Waals surface area (Å²) in [4.78, 5) is 0. The summed E-state index contributed by atoms with van der Waals surface area (Å²) in [6, 6.07) is 8.69. The largest absolute Gasteiger partial charge is 0.508 e. The molecule has 1 aromatic heterocycles. The van der Waals surface area contributed by atoms with Crippen LogP contribution < -0.4 is 5.73 Å². The summed E-state index contributed by atoms with van der Waals surface area (Å²) >= 11 is 0. The van der Waals surface area contributed by atoms with E-state index in [-0.39, 0.29) is 11.8 Å². The van der Waals surface area contributed by atoms with Crippen molar-refractivity contribution < 1.29 is 5.11 Å². The van der Waals surface area contributed by atoms with Crippen LogP contribution in [0.5, 0.6) is 5.75 Å². The van der Waals surface area contributed by atoms with Gasteiger partial charge in [0.05, 0.1) is 6.54 Å². The van der Waals surface area contributed by atoms with Crippen LogP contribution in [-0.4, -0.2) is 14.9 Å². The number of nitrogens with zero attached hydrogens (tertiary/aromatic N) is 2. The molecule has 1 heterocycles. The maximum absolute atomic E-state index is 9.31. The molecule has 1 atom stereocenters. The van der Waals surface area contributed by atoms with Crippen LogP contribution >= 0.6 is 0 Å². The monoisotopic (exact) mass is 203 g/mol. The van der Waals surface area contributed by atoms with Crippen molar-refractivity contribution in [2.24, 2.45) is 5.73 Å². The van der Waals surface area contributed by atoms with Gasteiger partial charge in [0, 0.05) is 18.4 Å². The molecule has 0 aliphatic rings. The minimum Gasteiger partial charge on any atom is -0.508 e. The number of benzene rings is 1. The molecule has 0 aliphatic heterocycles. The summed E-state index contributed by atoms with van der Waals surface area (Å²) in [5, 5.41) is 13.4. The number of aromatic hydroxyl groups is 1. The Labute approximate surface area is 88.0 Å². The zero-order chi connectivity index (χ0) is 10.7. The second kappa shape index (κ2) is 4.14. The molecule has 78 valence electrons. The molecule has 0 radical (unpaired) electrons. The van der Waals surface area contributed by atoms with Crippen molar-refractivity contribution in [1.29, 1.82) is 0 Å². The number of phenolic OH excluding ortho intramolecular Hbond substituents is 1. The van der Waals surface area contributed by atoms with Gasteiger partial charge in [0.25, 0.3) is 0 Å². The molecule has 3 N–H and O–H groups in total. The number of hydrogen-bond acceptors (Lipinski definition) is 3. The molecule has 0 aliphatic carbocycles. The van der Waals surface area contributed by atoms with Gasteiger partial charge in [-0.25, -0.2) is 0 Å². The molecule has 0 spiro atoms. The van der Waals surface area contributed by atoms with Gasteiger partial charge in [0.2, 0.25) is 0 Å². The van der Waals surface area contributed by atoms with E-state index in [0.717, 1.165) is 5.56 Å². The number of phenols is 1. The Kier molecular flexibility index (Phi) is 2.69. The van der Waals surface area contributed by atoms with Gasteiger partial charge in [-0.3, -0.25) is 4.68 Å². The first-order valence-corrected chi connectivity index (χ1v) is 4.77. The molecule has 4 heteroatoms. The van der Waals surface area contributed by atoms with E-state index in [1.165, 1.54) is 0 Å². The number of hydrogen-bond donors (Lipinski definition) is 2. The summed E-state index contributed by atoms with van der Waals surface area (Å²) in [5.41, 5.74) is 6.89. The van der Waals surface area contributed by atoms with Crippen LogP contribution in [0.1, 0.15) is 11.6 Å². The predicted molar refractivity (Wildman–Crippen MR) is 57.3 cm³/mol. The summed E-state index contributed by atoms with van der Waals surface area (Å²) in [5.74, 6) is 0.239. The van der Waals surface area contributed by atoms with E-state index in [0.29, 0.717) is 6.54 Å².